The van der Waals surface area contributed by atoms with Gasteiger partial charge < -0.3 is 9.80 Å². The van der Waals surface area contributed by atoms with Gasteiger partial charge in [-0.2, -0.15) is 0 Å². The van der Waals surface area contributed by atoms with Gasteiger partial charge in [0.25, 0.3) is 0 Å². The summed E-state index contributed by atoms with van der Waals surface area (Å²) < 4.78 is 0. The first kappa shape index (κ1) is 23.5. The molecule has 4 heteroatoms. The number of aryl methyl sites for hydroxylation is 1. The maximum absolute atomic E-state index is 11.9. The minimum atomic E-state index is 0.198. The Hall–Kier alpha value is -2.20. The monoisotopic (exact) mass is 421 g/mol. The molecule has 0 unspecified atom stereocenters. The zero-order chi connectivity index (χ0) is 22.1. The molecule has 168 valence electrons. The van der Waals surface area contributed by atoms with Crippen LogP contribution in [0.4, 0.5) is 5.69 Å². The average molecular weight is 422 g/mol. The zero-order valence-corrected chi connectivity index (χ0v) is 19.7. The smallest absolute Gasteiger partial charge is 0.227 e. The number of benzene rings is 1. The topological polar surface area (TPSA) is 36.4 Å². The molecule has 3 rings (SSSR count). The SMILES string of the molecule is CCCCCCCCCCN(C)Cc1cncc(-c2ccc3c(c2)CCC(=O)N3C)c1. The number of pyridine rings is 1. The van der Waals surface area contributed by atoms with E-state index in [-0.39, 0.29) is 5.91 Å². The number of rotatable bonds is 12. The molecule has 1 amide bonds. The van der Waals surface area contributed by atoms with Gasteiger partial charge in [0.1, 0.15) is 0 Å². The van der Waals surface area contributed by atoms with E-state index in [4.69, 9.17) is 0 Å². The van der Waals surface area contributed by atoms with Crippen molar-refractivity contribution < 1.29 is 4.79 Å². The largest absolute Gasteiger partial charge is 0.315 e. The van der Waals surface area contributed by atoms with Gasteiger partial charge in [-0.25, -0.2) is 0 Å². The van der Waals surface area contributed by atoms with E-state index < -0.39 is 0 Å². The number of carbonyl (C=O) groups excluding carboxylic acids is 1. The van der Waals surface area contributed by atoms with Crippen LogP contribution in [-0.4, -0.2) is 36.4 Å². The van der Waals surface area contributed by atoms with Crippen molar-refractivity contribution in [3.8, 4) is 11.1 Å². The Kier molecular flexibility index (Phi) is 9.08. The number of aromatic nitrogens is 1. The van der Waals surface area contributed by atoms with Gasteiger partial charge in [-0.05, 0) is 61.3 Å². The number of amides is 1. The molecule has 1 aliphatic heterocycles. The van der Waals surface area contributed by atoms with E-state index in [9.17, 15) is 4.79 Å². The second-order valence-corrected chi connectivity index (χ2v) is 9.09. The molecule has 31 heavy (non-hydrogen) atoms. The van der Waals surface area contributed by atoms with Gasteiger partial charge in [0.05, 0.1) is 0 Å². The van der Waals surface area contributed by atoms with Gasteiger partial charge in [0.15, 0.2) is 0 Å². The zero-order valence-electron chi connectivity index (χ0n) is 19.7. The second-order valence-electron chi connectivity index (χ2n) is 9.09. The van der Waals surface area contributed by atoms with Gasteiger partial charge in [-0.3, -0.25) is 9.78 Å². The van der Waals surface area contributed by atoms with Crippen LogP contribution in [0.3, 0.4) is 0 Å². The third-order valence-electron chi connectivity index (χ3n) is 6.40. The first-order valence-electron chi connectivity index (χ1n) is 12.1. The fourth-order valence-electron chi connectivity index (χ4n) is 4.47. The van der Waals surface area contributed by atoms with Gasteiger partial charge >= 0.3 is 0 Å². The van der Waals surface area contributed by atoms with Crippen molar-refractivity contribution in [2.75, 3.05) is 25.5 Å². The van der Waals surface area contributed by atoms with Gasteiger partial charge in [-0.15, -0.1) is 0 Å². The third kappa shape index (κ3) is 6.90. The fraction of sp³-hybridized carbons (Fsp3) is 0.556. The van der Waals surface area contributed by atoms with Crippen LogP contribution in [0.5, 0.6) is 0 Å². The van der Waals surface area contributed by atoms with Crippen molar-refractivity contribution in [2.45, 2.75) is 77.7 Å². The summed E-state index contributed by atoms with van der Waals surface area (Å²) in [5, 5.41) is 0. The lowest BCUT2D eigenvalue weighted by Gasteiger charge is -2.26. The quantitative estimate of drug-likeness (QED) is 0.381. The first-order chi connectivity index (χ1) is 15.1. The van der Waals surface area contributed by atoms with Crippen molar-refractivity contribution in [2.24, 2.45) is 0 Å². The lowest BCUT2D eigenvalue weighted by atomic mass is 9.96. The molecule has 0 spiro atoms. The summed E-state index contributed by atoms with van der Waals surface area (Å²) in [7, 11) is 4.07. The van der Waals surface area contributed by atoms with Gasteiger partial charge in [-0.1, -0.05) is 57.9 Å². The van der Waals surface area contributed by atoms with E-state index in [1.165, 1.54) is 68.1 Å². The average Bonchev–Trinajstić information content (AvgIpc) is 2.78. The van der Waals surface area contributed by atoms with Crippen molar-refractivity contribution in [1.29, 1.82) is 0 Å². The van der Waals surface area contributed by atoms with Gasteiger partial charge in [0.2, 0.25) is 5.91 Å². The molecule has 0 N–H and O–H groups in total. The maximum atomic E-state index is 11.9. The van der Waals surface area contributed by atoms with Crippen LogP contribution < -0.4 is 4.90 Å². The molecule has 1 aliphatic rings. The number of nitrogens with zero attached hydrogens (tertiary/aromatic N) is 3. The Balaban J connectivity index is 1.50. The molecule has 0 atom stereocenters. The minimum Gasteiger partial charge on any atom is -0.315 e. The molecule has 0 saturated carbocycles. The lowest BCUT2D eigenvalue weighted by molar-refractivity contribution is -0.118. The van der Waals surface area contributed by atoms with E-state index in [1.807, 2.05) is 19.4 Å². The number of hydrogen-bond donors (Lipinski definition) is 0. The molecule has 1 aromatic heterocycles. The van der Waals surface area contributed by atoms with Crippen LogP contribution in [0, 0.1) is 0 Å². The van der Waals surface area contributed by atoms with Crippen molar-refractivity contribution in [3.05, 3.63) is 47.8 Å². The number of carbonyl (C=O) groups is 1. The highest BCUT2D eigenvalue weighted by molar-refractivity contribution is 5.96. The molecule has 1 aromatic carbocycles. The summed E-state index contributed by atoms with van der Waals surface area (Å²) in [6.45, 7) is 4.34. The van der Waals surface area contributed by atoms with E-state index >= 15 is 0 Å². The molecule has 2 heterocycles. The summed E-state index contributed by atoms with van der Waals surface area (Å²) in [4.78, 5) is 20.6. The standard InChI is InChI=1S/C27H39N3O/c1-4-5-6-7-8-9-10-11-16-29(2)21-22-17-25(20-28-19-22)23-12-14-26-24(18-23)13-15-27(31)30(26)3/h12,14,17-20H,4-11,13,15-16,21H2,1-3H3. The molecule has 4 nitrogen and oxygen atoms in total. The summed E-state index contributed by atoms with van der Waals surface area (Å²) in [5.41, 5.74) is 5.87. The van der Waals surface area contributed by atoms with E-state index in [0.717, 1.165) is 30.8 Å². The first-order valence-corrected chi connectivity index (χ1v) is 12.1. The van der Waals surface area contributed by atoms with Crippen LogP contribution in [-0.2, 0) is 17.8 Å². The highest BCUT2D eigenvalue weighted by atomic mass is 16.2. The highest BCUT2D eigenvalue weighted by Crippen LogP contribution is 2.31. The molecule has 0 fully saturated rings. The molecular formula is C27H39N3O. The molecule has 0 saturated heterocycles. The van der Waals surface area contributed by atoms with E-state index in [0.29, 0.717) is 6.42 Å². The summed E-state index contributed by atoms with van der Waals surface area (Å²) in [5.74, 6) is 0.198. The lowest BCUT2D eigenvalue weighted by Crippen LogP contribution is -2.30. The third-order valence-corrected chi connectivity index (χ3v) is 6.40. The van der Waals surface area contributed by atoms with E-state index in [1.54, 1.807) is 4.90 Å². The fourth-order valence-corrected chi connectivity index (χ4v) is 4.47. The van der Waals surface area contributed by atoms with Crippen LogP contribution >= 0.6 is 0 Å². The van der Waals surface area contributed by atoms with Crippen LogP contribution in [0.2, 0.25) is 0 Å². The van der Waals surface area contributed by atoms with Crippen molar-refractivity contribution in [1.82, 2.24) is 9.88 Å². The maximum Gasteiger partial charge on any atom is 0.227 e. The minimum absolute atomic E-state index is 0.198. The molecule has 2 aromatic rings. The molecule has 0 aliphatic carbocycles. The van der Waals surface area contributed by atoms with Crippen molar-refractivity contribution >= 4 is 11.6 Å². The summed E-state index contributed by atoms with van der Waals surface area (Å²) in [6.07, 6.45) is 16.2. The Labute approximate surface area is 188 Å². The van der Waals surface area contributed by atoms with E-state index in [2.05, 4.69) is 48.1 Å². The highest BCUT2D eigenvalue weighted by Gasteiger charge is 2.21. The predicted molar refractivity (Wildman–Crippen MR) is 130 cm³/mol. The molecule has 0 bridgehead atoms. The Bertz CT molecular complexity index is 848. The number of unbranched alkanes of at least 4 members (excludes halogenated alkanes) is 7. The van der Waals surface area contributed by atoms with Crippen LogP contribution in [0.25, 0.3) is 11.1 Å². The summed E-state index contributed by atoms with van der Waals surface area (Å²) in [6, 6.07) is 8.67. The van der Waals surface area contributed by atoms with Crippen LogP contribution in [0.15, 0.2) is 36.7 Å². The Morgan fingerprint density at radius 3 is 2.45 bits per heavy atom. The molecular weight excluding hydrogens is 382 g/mol. The normalized spacial score (nSPS) is 13.7. The Morgan fingerprint density at radius 1 is 0.935 bits per heavy atom. The number of hydrogen-bond acceptors (Lipinski definition) is 3. The predicted octanol–water partition coefficient (Wildman–Crippen LogP) is 6.23. The number of fused-ring (bicyclic) bond motifs is 1. The summed E-state index contributed by atoms with van der Waals surface area (Å²) >= 11 is 0. The second kappa shape index (κ2) is 12.0. The van der Waals surface area contributed by atoms with Crippen molar-refractivity contribution in [3.63, 3.8) is 0 Å². The Morgan fingerprint density at radius 2 is 1.68 bits per heavy atom. The van der Waals surface area contributed by atoms with Gasteiger partial charge in [0, 0.05) is 43.7 Å². The number of anilines is 1. The molecule has 0 radical (unpaired) electrons. The van der Waals surface area contributed by atoms with Crippen LogP contribution in [0.1, 0.15) is 75.8 Å².